The molecule has 0 saturated heterocycles. The number of ketones is 1. The van der Waals surface area contributed by atoms with Crippen molar-refractivity contribution in [3.8, 4) is 23.0 Å². The molecule has 0 heterocycles. The summed E-state index contributed by atoms with van der Waals surface area (Å²) in [6, 6.07) is 19.6. The van der Waals surface area contributed by atoms with Gasteiger partial charge in [-0.05, 0) is 36.1 Å². The normalized spacial score (nSPS) is 12.6. The molecule has 3 rings (SSSR count). The van der Waals surface area contributed by atoms with Gasteiger partial charge in [-0.15, -0.1) is 0 Å². The zero-order chi connectivity index (χ0) is 23.1. The molecular weight excluding hydrogens is 408 g/mol. The lowest BCUT2D eigenvalue weighted by Crippen LogP contribution is -2.38. The van der Waals surface area contributed by atoms with E-state index in [0.717, 1.165) is 11.1 Å². The highest BCUT2D eigenvalue weighted by molar-refractivity contribution is 5.91. The molecule has 0 aliphatic rings. The molecule has 0 radical (unpaired) electrons. The topological polar surface area (TPSA) is 85.2 Å². The highest BCUT2D eigenvalue weighted by Gasteiger charge is 2.42. The minimum absolute atomic E-state index is 0.0239. The van der Waals surface area contributed by atoms with Crippen LogP contribution in [-0.2, 0) is 23.2 Å². The zero-order valence-electron chi connectivity index (χ0n) is 18.5. The molecule has 0 saturated carbocycles. The Morgan fingerprint density at radius 2 is 1.50 bits per heavy atom. The molecule has 0 aliphatic heterocycles. The van der Waals surface area contributed by atoms with Crippen molar-refractivity contribution in [3.63, 3.8) is 0 Å². The van der Waals surface area contributed by atoms with E-state index in [1.807, 2.05) is 30.3 Å². The van der Waals surface area contributed by atoms with E-state index in [0.29, 0.717) is 17.9 Å². The number of carbonyl (C=O) groups is 1. The Bertz CT molecular complexity index is 1050. The number of benzene rings is 3. The van der Waals surface area contributed by atoms with E-state index in [1.165, 1.54) is 20.3 Å². The summed E-state index contributed by atoms with van der Waals surface area (Å²) in [5.41, 5.74) is -0.247. The molecule has 3 aromatic rings. The van der Waals surface area contributed by atoms with Crippen LogP contribution in [0.5, 0.6) is 23.0 Å². The first kappa shape index (κ1) is 23.2. The molecule has 0 amide bonds. The molecule has 168 valence electrons. The van der Waals surface area contributed by atoms with Gasteiger partial charge < -0.3 is 24.4 Å². The second-order valence-corrected chi connectivity index (χ2v) is 7.52. The summed E-state index contributed by atoms with van der Waals surface area (Å²) in [7, 11) is 4.45. The predicted molar refractivity (Wildman–Crippen MR) is 122 cm³/mol. The van der Waals surface area contributed by atoms with Gasteiger partial charge in [-0.2, -0.15) is 0 Å². The number of hydrogen-bond acceptors (Lipinski definition) is 6. The van der Waals surface area contributed by atoms with E-state index in [2.05, 4.69) is 0 Å². The van der Waals surface area contributed by atoms with Crippen molar-refractivity contribution in [1.29, 1.82) is 0 Å². The average Bonchev–Trinajstić information content (AvgIpc) is 2.83. The van der Waals surface area contributed by atoms with Gasteiger partial charge in [-0.1, -0.05) is 42.5 Å². The fourth-order valence-corrected chi connectivity index (χ4v) is 3.72. The third kappa shape index (κ3) is 5.03. The third-order valence-corrected chi connectivity index (χ3v) is 5.53. The maximum atomic E-state index is 13.5. The van der Waals surface area contributed by atoms with Crippen molar-refractivity contribution in [1.82, 2.24) is 0 Å². The van der Waals surface area contributed by atoms with Crippen LogP contribution >= 0.6 is 0 Å². The Morgan fingerprint density at radius 1 is 0.844 bits per heavy atom. The summed E-state index contributed by atoms with van der Waals surface area (Å²) in [4.78, 5) is 13.5. The summed E-state index contributed by atoms with van der Waals surface area (Å²) in [6.07, 6.45) is 0.479. The third-order valence-electron chi connectivity index (χ3n) is 5.53. The molecule has 3 aromatic carbocycles. The van der Waals surface area contributed by atoms with E-state index in [9.17, 15) is 15.0 Å². The monoisotopic (exact) mass is 436 g/mol. The molecule has 2 N–H and O–H groups in total. The standard InChI is InChI=1S/C26H28O6/c1-30-20-11-9-19(10-12-20)15-24(28)26(29,14-13-18-7-5-4-6-8-18)25-22(27)16-21(31-2)17-23(25)32-3/h4-12,16-17,27,29H,13-15H2,1-3H3/t26-/m0/s1. The van der Waals surface area contributed by atoms with Crippen LogP contribution < -0.4 is 14.2 Å². The van der Waals surface area contributed by atoms with Gasteiger partial charge in [-0.25, -0.2) is 0 Å². The van der Waals surface area contributed by atoms with E-state index in [1.54, 1.807) is 37.4 Å². The Kier molecular flexibility index (Phi) is 7.38. The van der Waals surface area contributed by atoms with Crippen molar-refractivity contribution >= 4 is 5.78 Å². The Hall–Kier alpha value is -3.51. The maximum absolute atomic E-state index is 13.5. The largest absolute Gasteiger partial charge is 0.507 e. The van der Waals surface area contributed by atoms with Gasteiger partial charge in [-0.3, -0.25) is 4.79 Å². The highest BCUT2D eigenvalue weighted by atomic mass is 16.5. The number of hydrogen-bond donors (Lipinski definition) is 2. The molecule has 0 unspecified atom stereocenters. The summed E-state index contributed by atoms with van der Waals surface area (Å²) >= 11 is 0. The van der Waals surface area contributed by atoms with Crippen molar-refractivity contribution < 1.29 is 29.2 Å². The number of aromatic hydroxyl groups is 1. The number of rotatable bonds is 10. The molecular formula is C26H28O6. The van der Waals surface area contributed by atoms with Gasteiger partial charge in [0.2, 0.25) is 0 Å². The number of methoxy groups -OCH3 is 3. The van der Waals surface area contributed by atoms with Gasteiger partial charge in [0.05, 0.1) is 26.9 Å². The Labute approximate surface area is 188 Å². The van der Waals surface area contributed by atoms with Crippen LogP contribution in [0.4, 0.5) is 0 Å². The van der Waals surface area contributed by atoms with Crippen LogP contribution in [0.25, 0.3) is 0 Å². The van der Waals surface area contributed by atoms with E-state index in [4.69, 9.17) is 14.2 Å². The Balaban J connectivity index is 2.01. The van der Waals surface area contributed by atoms with Crippen molar-refractivity contribution in [3.05, 3.63) is 83.4 Å². The fourth-order valence-electron chi connectivity index (χ4n) is 3.72. The Morgan fingerprint density at radius 3 is 2.09 bits per heavy atom. The summed E-state index contributed by atoms with van der Waals surface area (Å²) < 4.78 is 15.8. The second-order valence-electron chi connectivity index (χ2n) is 7.52. The lowest BCUT2D eigenvalue weighted by atomic mass is 9.80. The van der Waals surface area contributed by atoms with Crippen LogP contribution in [0, 0.1) is 0 Å². The first-order chi connectivity index (χ1) is 15.4. The molecule has 1 atom stereocenters. The van der Waals surface area contributed by atoms with Crippen molar-refractivity contribution in [2.24, 2.45) is 0 Å². The van der Waals surface area contributed by atoms with E-state index >= 15 is 0 Å². The van der Waals surface area contributed by atoms with E-state index in [-0.39, 0.29) is 29.9 Å². The van der Waals surface area contributed by atoms with Crippen LogP contribution in [0.3, 0.4) is 0 Å². The summed E-state index contributed by atoms with van der Waals surface area (Å²) in [6.45, 7) is 0. The molecule has 32 heavy (non-hydrogen) atoms. The molecule has 0 aromatic heterocycles. The number of phenolic OH excluding ortho intramolecular Hbond substituents is 1. The first-order valence-corrected chi connectivity index (χ1v) is 10.3. The first-order valence-electron chi connectivity index (χ1n) is 10.3. The molecule has 0 fully saturated rings. The molecule has 0 spiro atoms. The van der Waals surface area contributed by atoms with Gasteiger partial charge in [0.1, 0.15) is 23.0 Å². The predicted octanol–water partition coefficient (Wildman–Crippen LogP) is 4.05. The number of phenols is 1. The molecule has 0 aliphatic carbocycles. The number of aryl methyl sites for hydroxylation is 1. The number of Topliss-reactive ketones (excluding diaryl/α,β-unsaturated/α-hetero) is 1. The average molecular weight is 437 g/mol. The lowest BCUT2D eigenvalue weighted by molar-refractivity contribution is -0.138. The zero-order valence-corrected chi connectivity index (χ0v) is 18.5. The fraction of sp³-hybridized carbons (Fsp3) is 0.269. The number of aliphatic hydroxyl groups is 1. The molecule has 0 bridgehead atoms. The van der Waals surface area contributed by atoms with Crippen LogP contribution in [0.1, 0.15) is 23.1 Å². The maximum Gasteiger partial charge on any atom is 0.173 e. The van der Waals surface area contributed by atoms with Crippen LogP contribution in [0.15, 0.2) is 66.7 Å². The molecule has 6 nitrogen and oxygen atoms in total. The van der Waals surface area contributed by atoms with Gasteiger partial charge >= 0.3 is 0 Å². The van der Waals surface area contributed by atoms with Crippen LogP contribution in [0.2, 0.25) is 0 Å². The minimum Gasteiger partial charge on any atom is -0.507 e. The number of carbonyl (C=O) groups excluding carboxylic acids is 1. The highest BCUT2D eigenvalue weighted by Crippen LogP contribution is 2.43. The quantitative estimate of drug-likeness (QED) is 0.499. The van der Waals surface area contributed by atoms with Gasteiger partial charge in [0.15, 0.2) is 11.4 Å². The van der Waals surface area contributed by atoms with Crippen molar-refractivity contribution in [2.75, 3.05) is 21.3 Å². The summed E-state index contributed by atoms with van der Waals surface area (Å²) in [5.74, 6) is 0.504. The van der Waals surface area contributed by atoms with E-state index < -0.39 is 11.4 Å². The molecule has 6 heteroatoms. The van der Waals surface area contributed by atoms with Gasteiger partial charge in [0, 0.05) is 18.6 Å². The number of ether oxygens (including phenoxy) is 3. The van der Waals surface area contributed by atoms with Crippen LogP contribution in [-0.4, -0.2) is 37.3 Å². The van der Waals surface area contributed by atoms with Crippen molar-refractivity contribution in [2.45, 2.75) is 24.9 Å². The second kappa shape index (κ2) is 10.2. The summed E-state index contributed by atoms with van der Waals surface area (Å²) in [5, 5.41) is 22.5. The minimum atomic E-state index is -1.97. The lowest BCUT2D eigenvalue weighted by Gasteiger charge is -2.30. The smallest absolute Gasteiger partial charge is 0.173 e. The SMILES string of the molecule is COc1ccc(CC(=O)[C@@](O)(CCc2ccccc2)c2c(O)cc(OC)cc2OC)cc1. The van der Waals surface area contributed by atoms with Gasteiger partial charge in [0.25, 0.3) is 0 Å².